The van der Waals surface area contributed by atoms with E-state index in [1.807, 2.05) is 50.8 Å². The molecule has 0 spiro atoms. The summed E-state index contributed by atoms with van der Waals surface area (Å²) in [4.78, 5) is 15.2. The predicted molar refractivity (Wildman–Crippen MR) is 132 cm³/mol. The molecule has 6 nitrogen and oxygen atoms in total. The van der Waals surface area contributed by atoms with Crippen molar-refractivity contribution in [2.75, 3.05) is 17.8 Å². The number of amides is 1. The third kappa shape index (κ3) is 4.38. The third-order valence-electron chi connectivity index (χ3n) is 6.81. The van der Waals surface area contributed by atoms with Gasteiger partial charge in [-0.1, -0.05) is 18.9 Å². The third-order valence-corrected chi connectivity index (χ3v) is 8.34. The average molecular weight is 469 g/mol. The highest BCUT2D eigenvalue weighted by atomic mass is 32.2. The molecule has 1 aliphatic rings. The van der Waals surface area contributed by atoms with Crippen LogP contribution in [0.1, 0.15) is 64.1 Å². The fraction of sp³-hybridized carbons (Fsp3) is 0.423. The van der Waals surface area contributed by atoms with Crippen LogP contribution in [0.15, 0.2) is 33.6 Å². The smallest absolute Gasteiger partial charge is 0.289 e. The lowest BCUT2D eigenvalue weighted by atomic mass is 10.0. The first kappa shape index (κ1) is 23.4. The van der Waals surface area contributed by atoms with Gasteiger partial charge in [-0.2, -0.15) is 0 Å². The van der Waals surface area contributed by atoms with Gasteiger partial charge in [0.1, 0.15) is 4.90 Å². The molecule has 4 rings (SSSR count). The molecular weight excluding hydrogens is 436 g/mol. The van der Waals surface area contributed by atoms with Gasteiger partial charge in [0.25, 0.3) is 15.9 Å². The van der Waals surface area contributed by atoms with Crippen molar-refractivity contribution in [1.82, 2.24) is 4.90 Å². The summed E-state index contributed by atoms with van der Waals surface area (Å²) in [7, 11) is -3.95. The Balaban J connectivity index is 1.82. The molecule has 1 saturated heterocycles. The van der Waals surface area contributed by atoms with Gasteiger partial charge in [-0.15, -0.1) is 0 Å². The molecule has 1 amide bonds. The Bertz CT molecular complexity index is 1330. The summed E-state index contributed by atoms with van der Waals surface area (Å²) in [6.07, 6.45) is 4.19. The van der Waals surface area contributed by atoms with Crippen molar-refractivity contribution < 1.29 is 17.6 Å². The number of rotatable bonds is 4. The highest BCUT2D eigenvalue weighted by Gasteiger charge is 2.30. The number of nitrogens with zero attached hydrogens (tertiary/aromatic N) is 1. The van der Waals surface area contributed by atoms with E-state index in [0.717, 1.165) is 42.4 Å². The Morgan fingerprint density at radius 2 is 1.55 bits per heavy atom. The molecule has 0 aliphatic carbocycles. The number of nitrogens with one attached hydrogen (secondary N) is 1. The number of sulfonamides is 1. The van der Waals surface area contributed by atoms with Crippen molar-refractivity contribution in [3.63, 3.8) is 0 Å². The van der Waals surface area contributed by atoms with E-state index >= 15 is 0 Å². The van der Waals surface area contributed by atoms with E-state index in [1.54, 1.807) is 13.0 Å². The minimum absolute atomic E-state index is 0.0914. The number of hydrogen-bond acceptors (Lipinski definition) is 4. The fourth-order valence-electron chi connectivity index (χ4n) is 4.50. The molecule has 7 heteroatoms. The lowest BCUT2D eigenvalue weighted by molar-refractivity contribution is 0.0731. The zero-order chi connectivity index (χ0) is 23.9. The van der Waals surface area contributed by atoms with Crippen LogP contribution in [0.2, 0.25) is 0 Å². The summed E-state index contributed by atoms with van der Waals surface area (Å²) in [6.45, 7) is 10.8. The van der Waals surface area contributed by atoms with Crippen molar-refractivity contribution >= 4 is 32.6 Å². The molecule has 2 heterocycles. The van der Waals surface area contributed by atoms with Crippen molar-refractivity contribution in [2.24, 2.45) is 0 Å². The van der Waals surface area contributed by atoms with Crippen LogP contribution in [0.25, 0.3) is 11.0 Å². The lowest BCUT2D eigenvalue weighted by Crippen LogP contribution is -2.31. The molecule has 0 unspecified atom stereocenters. The van der Waals surface area contributed by atoms with E-state index in [2.05, 4.69) is 4.72 Å². The average Bonchev–Trinajstić information content (AvgIpc) is 2.94. The molecule has 0 radical (unpaired) electrons. The maximum atomic E-state index is 13.6. The van der Waals surface area contributed by atoms with Gasteiger partial charge in [0.2, 0.25) is 0 Å². The predicted octanol–water partition coefficient (Wildman–Crippen LogP) is 5.79. The molecule has 2 aromatic carbocycles. The first-order valence-corrected chi connectivity index (χ1v) is 13.0. The van der Waals surface area contributed by atoms with E-state index in [1.165, 1.54) is 0 Å². The highest BCUT2D eigenvalue weighted by Crippen LogP contribution is 2.36. The molecular formula is C26H32N2O4S. The van der Waals surface area contributed by atoms with E-state index in [4.69, 9.17) is 4.42 Å². The Morgan fingerprint density at radius 3 is 2.18 bits per heavy atom. The van der Waals surface area contributed by atoms with E-state index in [-0.39, 0.29) is 22.1 Å². The zero-order valence-corrected chi connectivity index (χ0v) is 20.9. The second-order valence-electron chi connectivity index (χ2n) is 9.19. The van der Waals surface area contributed by atoms with Gasteiger partial charge in [-0.3, -0.25) is 9.52 Å². The number of carbonyl (C=O) groups is 1. The largest absolute Gasteiger partial charge is 0.449 e. The number of fused-ring (bicyclic) bond motifs is 1. The summed E-state index contributed by atoms with van der Waals surface area (Å²) in [5.41, 5.74) is 4.96. The molecule has 0 atom stereocenters. The monoisotopic (exact) mass is 468 g/mol. The number of anilines is 1. The first-order chi connectivity index (χ1) is 15.6. The molecule has 1 fully saturated rings. The summed E-state index contributed by atoms with van der Waals surface area (Å²) in [5, 5.41) is 0.664. The van der Waals surface area contributed by atoms with Crippen molar-refractivity contribution in [2.45, 2.75) is 65.2 Å². The Hall–Kier alpha value is -2.80. The summed E-state index contributed by atoms with van der Waals surface area (Å²) in [6, 6.07) is 7.37. The van der Waals surface area contributed by atoms with E-state index < -0.39 is 10.0 Å². The van der Waals surface area contributed by atoms with Crippen LogP contribution in [-0.4, -0.2) is 32.3 Å². The molecule has 3 aromatic rings. The normalized spacial score (nSPS) is 15.0. The standard InChI is InChI=1S/C26H32N2O4S/c1-16-10-11-21(14-17(16)2)27-33(30,31)25-19(4)18(3)15-22-20(5)23(32-24(22)25)26(29)28-12-8-6-7-9-13-28/h10-11,14-15,27H,6-9,12-13H2,1-5H3. The van der Waals surface area contributed by atoms with Crippen LogP contribution in [0.5, 0.6) is 0 Å². The van der Waals surface area contributed by atoms with E-state index in [9.17, 15) is 13.2 Å². The summed E-state index contributed by atoms with van der Waals surface area (Å²) < 4.78 is 35.9. The SMILES string of the molecule is Cc1ccc(NS(=O)(=O)c2c(C)c(C)cc3c(C)c(C(=O)N4CCCCCC4)oc23)cc1C. The topological polar surface area (TPSA) is 79.6 Å². The van der Waals surface area contributed by atoms with Crippen LogP contribution >= 0.6 is 0 Å². The van der Waals surface area contributed by atoms with Gasteiger partial charge in [0.15, 0.2) is 11.3 Å². The van der Waals surface area contributed by atoms with Crippen LogP contribution < -0.4 is 4.72 Å². The number of furan rings is 1. The van der Waals surface area contributed by atoms with Gasteiger partial charge in [-0.05, 0) is 87.9 Å². The molecule has 176 valence electrons. The van der Waals surface area contributed by atoms with Crippen LogP contribution in [0, 0.1) is 34.6 Å². The van der Waals surface area contributed by atoms with Crippen molar-refractivity contribution in [1.29, 1.82) is 0 Å². The Labute approximate surface area is 196 Å². The van der Waals surface area contributed by atoms with Gasteiger partial charge in [-0.25, -0.2) is 8.42 Å². The van der Waals surface area contributed by atoms with Crippen LogP contribution in [0.4, 0.5) is 5.69 Å². The molecule has 33 heavy (non-hydrogen) atoms. The Morgan fingerprint density at radius 1 is 0.879 bits per heavy atom. The fourth-order valence-corrected chi connectivity index (χ4v) is 6.00. The number of likely N-dealkylation sites (tertiary alicyclic amines) is 1. The van der Waals surface area contributed by atoms with Crippen LogP contribution in [-0.2, 0) is 10.0 Å². The second-order valence-corrected chi connectivity index (χ2v) is 10.8. The van der Waals surface area contributed by atoms with E-state index in [0.29, 0.717) is 35.3 Å². The van der Waals surface area contributed by atoms with Crippen LogP contribution in [0.3, 0.4) is 0 Å². The number of benzene rings is 2. The van der Waals surface area contributed by atoms with Crippen molar-refractivity contribution in [3.8, 4) is 0 Å². The molecule has 1 N–H and O–H groups in total. The second kappa shape index (κ2) is 8.86. The van der Waals surface area contributed by atoms with Crippen molar-refractivity contribution in [3.05, 3.63) is 57.8 Å². The molecule has 1 aliphatic heterocycles. The zero-order valence-electron chi connectivity index (χ0n) is 20.0. The summed E-state index contributed by atoms with van der Waals surface area (Å²) >= 11 is 0. The highest BCUT2D eigenvalue weighted by molar-refractivity contribution is 7.93. The van der Waals surface area contributed by atoms with Gasteiger partial charge < -0.3 is 9.32 Å². The quantitative estimate of drug-likeness (QED) is 0.525. The van der Waals surface area contributed by atoms with Gasteiger partial charge in [0, 0.05) is 29.7 Å². The summed E-state index contributed by atoms with van der Waals surface area (Å²) in [5.74, 6) is 0.0749. The first-order valence-electron chi connectivity index (χ1n) is 11.5. The van der Waals surface area contributed by atoms with Gasteiger partial charge >= 0.3 is 0 Å². The number of hydrogen-bond donors (Lipinski definition) is 1. The molecule has 0 bridgehead atoms. The minimum Gasteiger partial charge on any atom is -0.449 e. The number of carbonyl (C=O) groups excluding carboxylic acids is 1. The lowest BCUT2D eigenvalue weighted by Gasteiger charge is -2.19. The minimum atomic E-state index is -3.95. The maximum absolute atomic E-state index is 13.6. The molecule has 0 saturated carbocycles. The maximum Gasteiger partial charge on any atom is 0.289 e. The Kier molecular flexibility index (Phi) is 6.27. The molecule has 1 aromatic heterocycles. The number of aryl methyl sites for hydroxylation is 4. The van der Waals surface area contributed by atoms with Gasteiger partial charge in [0.05, 0.1) is 0 Å².